The van der Waals surface area contributed by atoms with Crippen LogP contribution < -0.4 is 5.56 Å². The number of para-hydroxylation sites is 1. The normalized spacial score (nSPS) is 16.3. The highest BCUT2D eigenvalue weighted by molar-refractivity contribution is 7.98. The third-order valence-electron chi connectivity index (χ3n) is 5.36. The highest BCUT2D eigenvalue weighted by Gasteiger charge is 2.23. The second-order valence-electron chi connectivity index (χ2n) is 7.53. The summed E-state index contributed by atoms with van der Waals surface area (Å²) in [5, 5.41) is 10.1. The van der Waals surface area contributed by atoms with Gasteiger partial charge in [-0.3, -0.25) is 9.36 Å². The first-order valence-corrected chi connectivity index (χ1v) is 11.5. The summed E-state index contributed by atoms with van der Waals surface area (Å²) in [6, 6.07) is 10.0. The number of thioether (sulfide) groups is 1. The average molecular weight is 424 g/mol. The molecule has 0 saturated heterocycles. The van der Waals surface area contributed by atoms with Crippen LogP contribution >= 0.6 is 23.1 Å². The third kappa shape index (κ3) is 3.40. The number of thiophene rings is 1. The van der Waals surface area contributed by atoms with Crippen molar-refractivity contribution in [3.63, 3.8) is 0 Å². The smallest absolute Gasteiger partial charge is 0.259 e. The van der Waals surface area contributed by atoms with Crippen molar-refractivity contribution in [1.82, 2.24) is 24.7 Å². The molecule has 0 fully saturated rings. The van der Waals surface area contributed by atoms with Crippen LogP contribution in [0.5, 0.6) is 0 Å². The van der Waals surface area contributed by atoms with Gasteiger partial charge in [-0.15, -0.1) is 21.5 Å². The average Bonchev–Trinajstić information content (AvgIpc) is 3.26. The van der Waals surface area contributed by atoms with Crippen LogP contribution in [0.15, 0.2) is 40.3 Å². The number of hydrogen-bond donors (Lipinski definition) is 1. The quantitative estimate of drug-likeness (QED) is 0.496. The number of nitrogens with zero attached hydrogens (tertiary/aromatic N) is 4. The molecule has 1 aliphatic carbocycles. The van der Waals surface area contributed by atoms with Gasteiger partial charge in [0, 0.05) is 10.6 Å². The molecule has 6 nitrogen and oxygen atoms in total. The second kappa shape index (κ2) is 7.42. The maximum absolute atomic E-state index is 12.8. The zero-order valence-electron chi connectivity index (χ0n) is 16.3. The lowest BCUT2D eigenvalue weighted by Gasteiger charge is -2.17. The summed E-state index contributed by atoms with van der Waals surface area (Å²) in [5.41, 5.74) is 2.23. The molecule has 5 rings (SSSR count). The number of hydrogen-bond acceptors (Lipinski definition) is 6. The Morgan fingerprint density at radius 3 is 2.93 bits per heavy atom. The molecule has 0 saturated carbocycles. The zero-order valence-corrected chi connectivity index (χ0v) is 17.9. The Morgan fingerprint density at radius 1 is 1.28 bits per heavy atom. The number of nitrogens with one attached hydrogen (secondary N) is 1. The van der Waals surface area contributed by atoms with Crippen LogP contribution in [0, 0.1) is 12.8 Å². The van der Waals surface area contributed by atoms with Crippen molar-refractivity contribution >= 4 is 33.3 Å². The summed E-state index contributed by atoms with van der Waals surface area (Å²) < 4.78 is 2.02. The number of rotatable bonds is 4. The third-order valence-corrected chi connectivity index (χ3v) is 7.45. The lowest BCUT2D eigenvalue weighted by atomic mass is 9.89. The highest BCUT2D eigenvalue weighted by atomic mass is 32.2. The maximum atomic E-state index is 12.8. The monoisotopic (exact) mass is 423 g/mol. The van der Waals surface area contributed by atoms with Crippen LogP contribution in [0.1, 0.15) is 35.4 Å². The van der Waals surface area contributed by atoms with Gasteiger partial charge in [0.1, 0.15) is 16.5 Å². The summed E-state index contributed by atoms with van der Waals surface area (Å²) in [6.07, 6.45) is 3.18. The number of fused-ring (bicyclic) bond motifs is 3. The predicted octanol–water partition coefficient (Wildman–Crippen LogP) is 4.29. The molecule has 1 aromatic carbocycles. The summed E-state index contributed by atoms with van der Waals surface area (Å²) in [6.45, 7) is 4.21. The fraction of sp³-hybridized carbons (Fsp3) is 0.333. The minimum atomic E-state index is -0.0154. The van der Waals surface area contributed by atoms with E-state index in [1.807, 2.05) is 41.8 Å². The van der Waals surface area contributed by atoms with E-state index >= 15 is 0 Å². The van der Waals surface area contributed by atoms with Gasteiger partial charge >= 0.3 is 0 Å². The molecule has 1 aliphatic rings. The Labute approximate surface area is 176 Å². The Kier molecular flexibility index (Phi) is 4.75. The highest BCUT2D eigenvalue weighted by Crippen LogP contribution is 2.36. The van der Waals surface area contributed by atoms with Crippen LogP contribution in [0.4, 0.5) is 0 Å². The van der Waals surface area contributed by atoms with E-state index in [9.17, 15) is 4.79 Å². The maximum Gasteiger partial charge on any atom is 0.259 e. The predicted molar refractivity (Wildman–Crippen MR) is 117 cm³/mol. The van der Waals surface area contributed by atoms with Crippen molar-refractivity contribution in [3.8, 4) is 5.69 Å². The van der Waals surface area contributed by atoms with Gasteiger partial charge in [0.2, 0.25) is 0 Å². The fourth-order valence-corrected chi connectivity index (χ4v) is 6.18. The van der Waals surface area contributed by atoms with Crippen molar-refractivity contribution in [2.75, 3.05) is 0 Å². The van der Waals surface area contributed by atoms with E-state index in [1.165, 1.54) is 22.2 Å². The van der Waals surface area contributed by atoms with E-state index in [4.69, 9.17) is 4.98 Å². The molecule has 3 aromatic heterocycles. The summed E-state index contributed by atoms with van der Waals surface area (Å²) in [4.78, 5) is 22.8. The van der Waals surface area contributed by atoms with E-state index in [2.05, 4.69) is 22.1 Å². The first kappa shape index (κ1) is 18.6. The standard InChI is InChI=1S/C21H21N5OS2/c1-12-8-9-15-16(10-12)29-20-18(15)19(27)22-17(23-20)11-28-21-25-24-13(2)26(21)14-6-4-3-5-7-14/h3-7,12H,8-11H2,1-2H3,(H,22,23,27). The van der Waals surface area contributed by atoms with E-state index in [1.54, 1.807) is 11.3 Å². The molecular formula is C21H21N5OS2. The topological polar surface area (TPSA) is 76.5 Å². The van der Waals surface area contributed by atoms with Gasteiger partial charge in [0.25, 0.3) is 5.56 Å². The molecule has 3 heterocycles. The van der Waals surface area contributed by atoms with Crippen LogP contribution in [-0.2, 0) is 18.6 Å². The van der Waals surface area contributed by atoms with Gasteiger partial charge < -0.3 is 4.98 Å². The number of aromatic nitrogens is 5. The Bertz CT molecular complexity index is 1240. The largest absolute Gasteiger partial charge is 0.309 e. The Hall–Kier alpha value is -2.45. The van der Waals surface area contributed by atoms with Gasteiger partial charge in [-0.25, -0.2) is 4.98 Å². The lowest BCUT2D eigenvalue weighted by Crippen LogP contribution is -2.14. The minimum absolute atomic E-state index is 0.0154. The van der Waals surface area contributed by atoms with E-state index in [0.717, 1.165) is 46.1 Å². The minimum Gasteiger partial charge on any atom is -0.309 e. The molecule has 148 valence electrons. The number of aryl methyl sites for hydroxylation is 2. The molecule has 29 heavy (non-hydrogen) atoms. The van der Waals surface area contributed by atoms with E-state index in [0.29, 0.717) is 17.5 Å². The molecule has 1 unspecified atom stereocenters. The van der Waals surface area contributed by atoms with Gasteiger partial charge in [-0.05, 0) is 49.8 Å². The summed E-state index contributed by atoms with van der Waals surface area (Å²) in [5.74, 6) is 2.72. The second-order valence-corrected chi connectivity index (χ2v) is 9.56. The number of H-pyrrole nitrogens is 1. The molecule has 0 aliphatic heterocycles. The van der Waals surface area contributed by atoms with Crippen molar-refractivity contribution in [2.24, 2.45) is 5.92 Å². The van der Waals surface area contributed by atoms with Gasteiger partial charge in [0.05, 0.1) is 11.1 Å². The van der Waals surface area contributed by atoms with Crippen molar-refractivity contribution < 1.29 is 0 Å². The molecule has 0 radical (unpaired) electrons. The zero-order chi connectivity index (χ0) is 20.0. The van der Waals surface area contributed by atoms with E-state index < -0.39 is 0 Å². The molecule has 0 spiro atoms. The van der Waals surface area contributed by atoms with Crippen LogP contribution in [-0.4, -0.2) is 24.7 Å². The molecule has 0 bridgehead atoms. The molecule has 0 amide bonds. The van der Waals surface area contributed by atoms with Crippen molar-refractivity contribution in [2.45, 2.75) is 44.0 Å². The number of benzene rings is 1. The molecule has 1 N–H and O–H groups in total. The van der Waals surface area contributed by atoms with Crippen LogP contribution in [0.3, 0.4) is 0 Å². The fourth-order valence-electron chi connectivity index (χ4n) is 3.91. The molecule has 4 aromatic rings. The SMILES string of the molecule is Cc1nnc(SCc2nc3sc4c(c3c(=O)[nH]2)CCC(C)C4)n1-c1ccccc1. The van der Waals surface area contributed by atoms with Crippen LogP contribution in [0.25, 0.3) is 15.9 Å². The summed E-state index contributed by atoms with van der Waals surface area (Å²) in [7, 11) is 0. The first-order valence-electron chi connectivity index (χ1n) is 9.74. The van der Waals surface area contributed by atoms with Crippen molar-refractivity contribution in [3.05, 3.63) is 62.8 Å². The Balaban J connectivity index is 1.45. The molecule has 8 heteroatoms. The van der Waals surface area contributed by atoms with Gasteiger partial charge in [-0.1, -0.05) is 36.9 Å². The lowest BCUT2D eigenvalue weighted by molar-refractivity contribution is 0.509. The van der Waals surface area contributed by atoms with Gasteiger partial charge in [-0.2, -0.15) is 0 Å². The van der Waals surface area contributed by atoms with Gasteiger partial charge in [0.15, 0.2) is 5.16 Å². The number of aromatic amines is 1. The van der Waals surface area contributed by atoms with Crippen molar-refractivity contribution in [1.29, 1.82) is 0 Å². The molecular weight excluding hydrogens is 402 g/mol. The van der Waals surface area contributed by atoms with Crippen LogP contribution in [0.2, 0.25) is 0 Å². The first-order chi connectivity index (χ1) is 14.1. The Morgan fingerprint density at radius 2 is 2.10 bits per heavy atom. The summed E-state index contributed by atoms with van der Waals surface area (Å²) >= 11 is 3.21. The van der Waals surface area contributed by atoms with E-state index in [-0.39, 0.29) is 5.56 Å². The molecule has 1 atom stereocenters.